The molecule has 2 unspecified atom stereocenters. The Bertz CT molecular complexity index is 660. The third-order valence-electron chi connectivity index (χ3n) is 7.01. The molecule has 0 spiro atoms. The molecule has 2 aliphatic rings. The predicted octanol–water partition coefficient (Wildman–Crippen LogP) is 1.33. The fraction of sp³-hybridized carbons (Fsp3) is 0.478. The van der Waals surface area contributed by atoms with E-state index in [4.69, 9.17) is 0 Å². The van der Waals surface area contributed by atoms with Gasteiger partial charge in [0, 0.05) is 25.7 Å². The average Bonchev–Trinajstić information content (AvgIpc) is 2.80. The third-order valence-corrected chi connectivity index (χ3v) is 7.01. The van der Waals surface area contributed by atoms with E-state index in [1.165, 1.54) is 30.2 Å². The molecule has 2 bridgehead atoms. The molecule has 140 valence electrons. The molecule has 4 rings (SSSR count). The van der Waals surface area contributed by atoms with Gasteiger partial charge in [-0.25, -0.2) is 0 Å². The zero-order valence-electron chi connectivity index (χ0n) is 15.8. The van der Waals surface area contributed by atoms with Gasteiger partial charge in [-0.3, -0.25) is 0 Å². The quantitative estimate of drug-likeness (QED) is 0.746. The van der Waals surface area contributed by atoms with Crippen molar-refractivity contribution in [2.45, 2.75) is 49.8 Å². The largest absolute Gasteiger partial charge is 1.00 e. The first-order chi connectivity index (χ1) is 12.0. The van der Waals surface area contributed by atoms with E-state index in [0.717, 1.165) is 29.6 Å². The highest BCUT2D eigenvalue weighted by Crippen LogP contribution is 2.47. The van der Waals surface area contributed by atoms with E-state index < -0.39 is 5.60 Å². The lowest BCUT2D eigenvalue weighted by Gasteiger charge is -2.46. The SMILES string of the molecule is C[N+]1(C)C2CCC1CC(CC(O)(c1ccccc1)c1ccccc1)C2.[Br-]. The summed E-state index contributed by atoms with van der Waals surface area (Å²) in [7, 11) is 4.80. The Morgan fingerprint density at radius 2 is 1.27 bits per heavy atom. The molecular formula is C23H30BrNO. The van der Waals surface area contributed by atoms with E-state index in [-0.39, 0.29) is 17.0 Å². The molecule has 3 heteroatoms. The fourth-order valence-corrected chi connectivity index (χ4v) is 5.41. The van der Waals surface area contributed by atoms with Crippen molar-refractivity contribution in [2.24, 2.45) is 5.92 Å². The monoisotopic (exact) mass is 415 g/mol. The van der Waals surface area contributed by atoms with Gasteiger partial charge in [-0.2, -0.15) is 0 Å². The summed E-state index contributed by atoms with van der Waals surface area (Å²) in [6, 6.07) is 22.0. The molecule has 0 radical (unpaired) electrons. The number of nitrogens with zero attached hydrogens (tertiary/aromatic N) is 1. The fourth-order valence-electron chi connectivity index (χ4n) is 5.41. The Hall–Kier alpha value is -1.16. The highest BCUT2D eigenvalue weighted by molar-refractivity contribution is 5.36. The van der Waals surface area contributed by atoms with Crippen LogP contribution in [0.1, 0.15) is 43.2 Å². The van der Waals surface area contributed by atoms with Gasteiger partial charge in [-0.1, -0.05) is 60.7 Å². The van der Waals surface area contributed by atoms with Crippen molar-refractivity contribution < 1.29 is 26.6 Å². The molecule has 0 amide bonds. The minimum Gasteiger partial charge on any atom is -1.00 e. The van der Waals surface area contributed by atoms with Crippen LogP contribution in [0.15, 0.2) is 60.7 Å². The van der Waals surface area contributed by atoms with E-state index >= 15 is 0 Å². The number of aliphatic hydroxyl groups is 1. The molecule has 1 N–H and O–H groups in total. The number of benzene rings is 2. The van der Waals surface area contributed by atoms with Crippen molar-refractivity contribution >= 4 is 0 Å². The maximum absolute atomic E-state index is 11.8. The second-order valence-corrected chi connectivity index (χ2v) is 8.65. The first-order valence-corrected chi connectivity index (χ1v) is 9.67. The van der Waals surface area contributed by atoms with Gasteiger partial charge in [0.1, 0.15) is 5.60 Å². The van der Waals surface area contributed by atoms with Crippen molar-refractivity contribution in [2.75, 3.05) is 14.1 Å². The molecular weight excluding hydrogens is 386 g/mol. The van der Waals surface area contributed by atoms with E-state index in [1.807, 2.05) is 36.4 Å². The molecule has 0 aromatic heterocycles. The summed E-state index contributed by atoms with van der Waals surface area (Å²) in [4.78, 5) is 0. The lowest BCUT2D eigenvalue weighted by molar-refractivity contribution is -0.931. The van der Waals surface area contributed by atoms with Crippen LogP contribution in [0.25, 0.3) is 0 Å². The standard InChI is InChI=1S/C23H30NO.BrH/c1-24(2)21-13-14-22(24)16-18(15-21)17-23(25,19-9-5-3-6-10-19)20-11-7-4-8-12-20;/h3-12,18,21-22,25H,13-17H2,1-2H3;1H/q+1;/p-1. The Labute approximate surface area is 168 Å². The summed E-state index contributed by atoms with van der Waals surface area (Å²) in [5, 5.41) is 11.8. The van der Waals surface area contributed by atoms with Crippen LogP contribution in [0, 0.1) is 5.92 Å². The Morgan fingerprint density at radius 3 is 1.69 bits per heavy atom. The minimum absolute atomic E-state index is 0. The molecule has 26 heavy (non-hydrogen) atoms. The van der Waals surface area contributed by atoms with Crippen LogP contribution in [0.4, 0.5) is 0 Å². The van der Waals surface area contributed by atoms with Gasteiger partial charge in [0.05, 0.1) is 26.2 Å². The van der Waals surface area contributed by atoms with Crippen LogP contribution in [0.5, 0.6) is 0 Å². The van der Waals surface area contributed by atoms with Crippen LogP contribution in [-0.4, -0.2) is 35.8 Å². The number of hydrogen-bond donors (Lipinski definition) is 1. The van der Waals surface area contributed by atoms with Gasteiger partial charge < -0.3 is 26.6 Å². The maximum atomic E-state index is 11.8. The second-order valence-electron chi connectivity index (χ2n) is 8.65. The number of fused-ring (bicyclic) bond motifs is 2. The van der Waals surface area contributed by atoms with Crippen molar-refractivity contribution in [3.8, 4) is 0 Å². The normalized spacial score (nSPS) is 27.0. The number of hydrogen-bond acceptors (Lipinski definition) is 1. The summed E-state index contributed by atoms with van der Waals surface area (Å²) >= 11 is 0. The lowest BCUT2D eigenvalue weighted by atomic mass is 9.75. The summed E-state index contributed by atoms with van der Waals surface area (Å²) in [5.74, 6) is 0.592. The average molecular weight is 416 g/mol. The summed E-state index contributed by atoms with van der Waals surface area (Å²) < 4.78 is 1.19. The Morgan fingerprint density at radius 1 is 0.846 bits per heavy atom. The number of halogens is 1. The van der Waals surface area contributed by atoms with E-state index in [1.54, 1.807) is 0 Å². The summed E-state index contributed by atoms with van der Waals surface area (Å²) in [6.45, 7) is 0. The first-order valence-electron chi connectivity index (χ1n) is 9.67. The van der Waals surface area contributed by atoms with Gasteiger partial charge in [-0.15, -0.1) is 0 Å². The van der Waals surface area contributed by atoms with Crippen LogP contribution < -0.4 is 17.0 Å². The Kier molecular flexibility index (Phi) is 5.62. The lowest BCUT2D eigenvalue weighted by Crippen LogP contribution is -3.00. The van der Waals surface area contributed by atoms with Crippen LogP contribution in [-0.2, 0) is 5.60 Å². The topological polar surface area (TPSA) is 20.2 Å². The van der Waals surface area contributed by atoms with Gasteiger partial charge >= 0.3 is 0 Å². The molecule has 2 nitrogen and oxygen atoms in total. The smallest absolute Gasteiger partial charge is 0.115 e. The highest BCUT2D eigenvalue weighted by Gasteiger charge is 2.50. The molecule has 0 aliphatic carbocycles. The van der Waals surface area contributed by atoms with Crippen LogP contribution >= 0.6 is 0 Å². The molecule has 2 aliphatic heterocycles. The van der Waals surface area contributed by atoms with Crippen molar-refractivity contribution in [1.29, 1.82) is 0 Å². The van der Waals surface area contributed by atoms with E-state index in [0.29, 0.717) is 5.92 Å². The van der Waals surface area contributed by atoms with Crippen LogP contribution in [0.3, 0.4) is 0 Å². The molecule has 2 heterocycles. The van der Waals surface area contributed by atoms with Crippen molar-refractivity contribution in [3.63, 3.8) is 0 Å². The van der Waals surface area contributed by atoms with Gasteiger partial charge in [-0.05, 0) is 23.5 Å². The summed E-state index contributed by atoms with van der Waals surface area (Å²) in [5.41, 5.74) is 1.15. The molecule has 2 saturated heterocycles. The van der Waals surface area contributed by atoms with E-state index in [2.05, 4.69) is 38.4 Å². The first kappa shape index (κ1) is 19.6. The zero-order chi connectivity index (χ0) is 17.5. The van der Waals surface area contributed by atoms with Crippen LogP contribution in [0.2, 0.25) is 0 Å². The molecule has 2 fully saturated rings. The van der Waals surface area contributed by atoms with Gasteiger partial charge in [0.2, 0.25) is 0 Å². The number of quaternary nitrogens is 1. The molecule has 2 aromatic rings. The number of rotatable bonds is 4. The van der Waals surface area contributed by atoms with Crippen molar-refractivity contribution in [3.05, 3.63) is 71.8 Å². The van der Waals surface area contributed by atoms with E-state index in [9.17, 15) is 5.11 Å². The predicted molar refractivity (Wildman–Crippen MR) is 102 cm³/mol. The summed E-state index contributed by atoms with van der Waals surface area (Å²) in [6.07, 6.45) is 6.01. The van der Waals surface area contributed by atoms with Crippen molar-refractivity contribution in [1.82, 2.24) is 0 Å². The van der Waals surface area contributed by atoms with Gasteiger partial charge in [0.25, 0.3) is 0 Å². The highest BCUT2D eigenvalue weighted by atomic mass is 79.9. The third kappa shape index (κ3) is 3.37. The zero-order valence-corrected chi connectivity index (χ0v) is 17.4. The molecule has 0 saturated carbocycles. The minimum atomic E-state index is -0.888. The Balaban J connectivity index is 0.00000196. The second kappa shape index (κ2) is 7.46. The maximum Gasteiger partial charge on any atom is 0.115 e. The molecule has 2 aromatic carbocycles. The number of piperidine rings is 1. The molecule has 2 atom stereocenters. The van der Waals surface area contributed by atoms with Gasteiger partial charge in [0.15, 0.2) is 0 Å².